The standard InChI is InChI=1S/C14H22N2O/c1-4-14(17)13-6-5-12(7-15-13)16-8-10(2)11(3)9-16/h5-7,10-11,14,17H,4,8-9H2,1-3H3/t10?,11?,14-/m0/s1. The van der Waals surface area contributed by atoms with Gasteiger partial charge in [-0.1, -0.05) is 20.8 Å². The first kappa shape index (κ1) is 12.4. The molecule has 0 amide bonds. The van der Waals surface area contributed by atoms with Gasteiger partial charge in [-0.15, -0.1) is 0 Å². The van der Waals surface area contributed by atoms with E-state index in [-0.39, 0.29) is 0 Å². The molecule has 1 aliphatic rings. The summed E-state index contributed by atoms with van der Waals surface area (Å²) in [5.41, 5.74) is 1.95. The Balaban J connectivity index is 2.08. The third-order valence-electron chi connectivity index (χ3n) is 3.85. The van der Waals surface area contributed by atoms with Gasteiger partial charge in [-0.3, -0.25) is 4.98 Å². The molecule has 1 fully saturated rings. The highest BCUT2D eigenvalue weighted by atomic mass is 16.3. The molecule has 17 heavy (non-hydrogen) atoms. The Labute approximate surface area is 103 Å². The van der Waals surface area contributed by atoms with Crippen LogP contribution in [-0.4, -0.2) is 23.2 Å². The summed E-state index contributed by atoms with van der Waals surface area (Å²) in [5, 5.41) is 9.69. The van der Waals surface area contributed by atoms with E-state index in [2.05, 4.69) is 29.8 Å². The minimum atomic E-state index is -0.430. The second kappa shape index (κ2) is 5.05. The van der Waals surface area contributed by atoms with Crippen LogP contribution >= 0.6 is 0 Å². The molecule has 1 aromatic rings. The van der Waals surface area contributed by atoms with Crippen molar-refractivity contribution in [2.45, 2.75) is 33.3 Å². The summed E-state index contributed by atoms with van der Waals surface area (Å²) in [4.78, 5) is 6.73. The number of pyridine rings is 1. The number of anilines is 1. The molecular formula is C14H22N2O. The van der Waals surface area contributed by atoms with Crippen LogP contribution in [0.25, 0.3) is 0 Å². The van der Waals surface area contributed by atoms with Gasteiger partial charge in [0, 0.05) is 13.1 Å². The summed E-state index contributed by atoms with van der Waals surface area (Å²) < 4.78 is 0. The molecule has 1 N–H and O–H groups in total. The van der Waals surface area contributed by atoms with Crippen molar-refractivity contribution in [3.63, 3.8) is 0 Å². The predicted octanol–water partition coefficient (Wildman–Crippen LogP) is 2.62. The normalized spacial score (nSPS) is 26.2. The molecule has 3 nitrogen and oxygen atoms in total. The van der Waals surface area contributed by atoms with Gasteiger partial charge in [-0.25, -0.2) is 0 Å². The summed E-state index contributed by atoms with van der Waals surface area (Å²) >= 11 is 0. The van der Waals surface area contributed by atoms with E-state index in [0.29, 0.717) is 6.42 Å². The van der Waals surface area contributed by atoms with Crippen molar-refractivity contribution in [3.05, 3.63) is 24.0 Å². The lowest BCUT2D eigenvalue weighted by Crippen LogP contribution is -2.19. The monoisotopic (exact) mass is 234 g/mol. The van der Waals surface area contributed by atoms with Gasteiger partial charge in [0.05, 0.1) is 23.7 Å². The average Bonchev–Trinajstić information content (AvgIpc) is 2.69. The third-order valence-corrected chi connectivity index (χ3v) is 3.85. The van der Waals surface area contributed by atoms with Gasteiger partial charge in [0.25, 0.3) is 0 Å². The number of hydrogen-bond donors (Lipinski definition) is 1. The van der Waals surface area contributed by atoms with Crippen molar-refractivity contribution in [3.8, 4) is 0 Å². The minimum Gasteiger partial charge on any atom is -0.387 e. The fourth-order valence-corrected chi connectivity index (χ4v) is 2.33. The fourth-order valence-electron chi connectivity index (χ4n) is 2.33. The number of aromatic nitrogens is 1. The Kier molecular flexibility index (Phi) is 3.67. The SMILES string of the molecule is CC[C@H](O)c1ccc(N2CC(C)C(C)C2)cn1. The third kappa shape index (κ3) is 2.60. The van der Waals surface area contributed by atoms with Gasteiger partial charge in [-0.05, 0) is 30.4 Å². The van der Waals surface area contributed by atoms with Crippen molar-refractivity contribution >= 4 is 5.69 Å². The Hall–Kier alpha value is -1.09. The summed E-state index contributed by atoms with van der Waals surface area (Å²) in [6.45, 7) is 8.78. The van der Waals surface area contributed by atoms with Gasteiger partial charge in [0.15, 0.2) is 0 Å². The summed E-state index contributed by atoms with van der Waals surface area (Å²) in [5.74, 6) is 1.49. The Morgan fingerprint density at radius 3 is 2.47 bits per heavy atom. The average molecular weight is 234 g/mol. The summed E-state index contributed by atoms with van der Waals surface area (Å²) in [6.07, 6.45) is 2.17. The second-order valence-electron chi connectivity index (χ2n) is 5.22. The van der Waals surface area contributed by atoms with Crippen LogP contribution in [-0.2, 0) is 0 Å². The summed E-state index contributed by atoms with van der Waals surface area (Å²) in [6, 6.07) is 4.02. The van der Waals surface area contributed by atoms with E-state index < -0.39 is 6.10 Å². The molecule has 0 aromatic carbocycles. The van der Waals surface area contributed by atoms with E-state index >= 15 is 0 Å². The zero-order chi connectivity index (χ0) is 12.4. The molecule has 0 radical (unpaired) electrons. The molecule has 0 aliphatic carbocycles. The zero-order valence-electron chi connectivity index (χ0n) is 10.9. The maximum Gasteiger partial charge on any atom is 0.0957 e. The highest BCUT2D eigenvalue weighted by Crippen LogP contribution is 2.27. The van der Waals surface area contributed by atoms with Crippen molar-refractivity contribution in [2.75, 3.05) is 18.0 Å². The lowest BCUT2D eigenvalue weighted by atomic mass is 10.0. The van der Waals surface area contributed by atoms with Crippen LogP contribution in [0.2, 0.25) is 0 Å². The Morgan fingerprint density at radius 2 is 2.00 bits per heavy atom. The molecule has 0 bridgehead atoms. The van der Waals surface area contributed by atoms with E-state index in [1.54, 1.807) is 0 Å². The van der Waals surface area contributed by atoms with Gasteiger partial charge in [0.1, 0.15) is 0 Å². The minimum absolute atomic E-state index is 0.430. The molecule has 0 saturated carbocycles. The first-order valence-electron chi connectivity index (χ1n) is 6.50. The largest absolute Gasteiger partial charge is 0.387 e. The van der Waals surface area contributed by atoms with Crippen molar-refractivity contribution in [1.29, 1.82) is 0 Å². The smallest absolute Gasteiger partial charge is 0.0957 e. The van der Waals surface area contributed by atoms with Gasteiger partial charge in [0.2, 0.25) is 0 Å². The molecule has 2 unspecified atom stereocenters. The molecule has 2 rings (SSSR count). The number of nitrogens with zero attached hydrogens (tertiary/aromatic N) is 2. The number of rotatable bonds is 3. The molecule has 1 saturated heterocycles. The zero-order valence-corrected chi connectivity index (χ0v) is 10.9. The highest BCUT2D eigenvalue weighted by Gasteiger charge is 2.26. The summed E-state index contributed by atoms with van der Waals surface area (Å²) in [7, 11) is 0. The van der Waals surface area contributed by atoms with E-state index in [4.69, 9.17) is 0 Å². The lowest BCUT2D eigenvalue weighted by Gasteiger charge is -2.18. The molecule has 0 spiro atoms. The van der Waals surface area contributed by atoms with Crippen LogP contribution in [0, 0.1) is 11.8 Å². The van der Waals surface area contributed by atoms with Gasteiger partial charge < -0.3 is 10.0 Å². The number of hydrogen-bond acceptors (Lipinski definition) is 3. The number of aliphatic hydroxyl groups is 1. The molecule has 94 valence electrons. The quantitative estimate of drug-likeness (QED) is 0.873. The molecule has 3 heteroatoms. The maximum absolute atomic E-state index is 9.69. The highest BCUT2D eigenvalue weighted by molar-refractivity contribution is 5.46. The van der Waals surface area contributed by atoms with Crippen molar-refractivity contribution < 1.29 is 5.11 Å². The first-order chi connectivity index (χ1) is 8.11. The Morgan fingerprint density at radius 1 is 1.35 bits per heavy atom. The van der Waals surface area contributed by atoms with E-state index in [1.807, 2.05) is 19.2 Å². The van der Waals surface area contributed by atoms with Gasteiger partial charge >= 0.3 is 0 Å². The predicted molar refractivity (Wildman–Crippen MR) is 70.0 cm³/mol. The maximum atomic E-state index is 9.69. The van der Waals surface area contributed by atoms with Crippen LogP contribution < -0.4 is 4.90 Å². The lowest BCUT2D eigenvalue weighted by molar-refractivity contribution is 0.169. The van der Waals surface area contributed by atoms with Crippen LogP contribution in [0.4, 0.5) is 5.69 Å². The molecule has 2 heterocycles. The fraction of sp³-hybridized carbons (Fsp3) is 0.643. The van der Waals surface area contributed by atoms with E-state index in [0.717, 1.165) is 30.6 Å². The van der Waals surface area contributed by atoms with Crippen molar-refractivity contribution in [2.24, 2.45) is 11.8 Å². The van der Waals surface area contributed by atoms with E-state index in [9.17, 15) is 5.11 Å². The van der Waals surface area contributed by atoms with Gasteiger partial charge in [-0.2, -0.15) is 0 Å². The molecule has 3 atom stereocenters. The topological polar surface area (TPSA) is 36.4 Å². The Bertz CT molecular complexity index is 353. The van der Waals surface area contributed by atoms with Crippen LogP contribution in [0.3, 0.4) is 0 Å². The second-order valence-corrected chi connectivity index (χ2v) is 5.22. The molecule has 1 aliphatic heterocycles. The molecular weight excluding hydrogens is 212 g/mol. The first-order valence-corrected chi connectivity index (χ1v) is 6.50. The van der Waals surface area contributed by atoms with Crippen LogP contribution in [0.1, 0.15) is 39.0 Å². The molecule has 1 aromatic heterocycles. The van der Waals surface area contributed by atoms with Crippen molar-refractivity contribution in [1.82, 2.24) is 4.98 Å². The van der Waals surface area contributed by atoms with E-state index in [1.165, 1.54) is 5.69 Å². The number of aliphatic hydroxyl groups excluding tert-OH is 1. The van der Waals surface area contributed by atoms with Crippen LogP contribution in [0.5, 0.6) is 0 Å². The van der Waals surface area contributed by atoms with Crippen LogP contribution in [0.15, 0.2) is 18.3 Å².